The Morgan fingerprint density at radius 2 is 2.10 bits per heavy atom. The van der Waals surface area contributed by atoms with Crippen LogP contribution in [0, 0.1) is 0 Å². The summed E-state index contributed by atoms with van der Waals surface area (Å²) < 4.78 is 5.49. The second kappa shape index (κ2) is 10.3. The van der Waals surface area contributed by atoms with Crippen molar-refractivity contribution in [2.75, 3.05) is 33.8 Å². The lowest BCUT2D eigenvalue weighted by atomic mass is 10.1. The molecule has 29 heavy (non-hydrogen) atoms. The average Bonchev–Trinajstić information content (AvgIpc) is 3.20. The van der Waals surface area contributed by atoms with Crippen molar-refractivity contribution in [3.05, 3.63) is 51.7 Å². The molecule has 0 radical (unpaired) electrons. The topological polar surface area (TPSA) is 57.2 Å². The molecule has 0 atom stereocenters. The molecule has 156 valence electrons. The molecule has 1 aromatic heterocycles. The van der Waals surface area contributed by atoms with Gasteiger partial charge in [-0.15, -0.1) is 11.3 Å². The van der Waals surface area contributed by atoms with Crippen molar-refractivity contribution in [1.82, 2.24) is 15.1 Å². The molecule has 0 bridgehead atoms. The molecule has 3 rings (SSSR count). The lowest BCUT2D eigenvalue weighted by Crippen LogP contribution is -2.41. The third kappa shape index (κ3) is 5.73. The van der Waals surface area contributed by atoms with E-state index in [1.54, 1.807) is 18.4 Å². The van der Waals surface area contributed by atoms with Gasteiger partial charge in [-0.1, -0.05) is 12.1 Å². The molecule has 0 spiro atoms. The van der Waals surface area contributed by atoms with E-state index in [0.29, 0.717) is 19.6 Å². The molecule has 0 saturated carbocycles. The third-order valence-corrected chi connectivity index (χ3v) is 6.03. The standard InChI is InChI=1S/C22H30N4O2S/c1-4-28-19-7-5-17(6-8-19)15-25(3)22(23-2)24-12-9-21(27)26-13-10-20-18(16-26)11-14-29-20/h5-8,11,14H,4,9-10,12-13,15-16H2,1-3H3,(H,23,24). The Morgan fingerprint density at radius 3 is 2.83 bits per heavy atom. The van der Waals surface area contributed by atoms with Gasteiger partial charge < -0.3 is 19.9 Å². The van der Waals surface area contributed by atoms with Crippen LogP contribution in [0.25, 0.3) is 0 Å². The number of ether oxygens (including phenoxy) is 1. The number of guanidine groups is 1. The number of hydrogen-bond donors (Lipinski definition) is 1. The number of nitrogens with zero attached hydrogens (tertiary/aromatic N) is 3. The Labute approximate surface area is 177 Å². The zero-order valence-electron chi connectivity index (χ0n) is 17.5. The van der Waals surface area contributed by atoms with Gasteiger partial charge in [-0.05, 0) is 48.1 Å². The van der Waals surface area contributed by atoms with E-state index in [4.69, 9.17) is 4.74 Å². The highest BCUT2D eigenvalue weighted by atomic mass is 32.1. The van der Waals surface area contributed by atoms with Gasteiger partial charge in [0.1, 0.15) is 5.75 Å². The number of amides is 1. The average molecular weight is 415 g/mol. The molecule has 1 aliphatic rings. The summed E-state index contributed by atoms with van der Waals surface area (Å²) in [6.07, 6.45) is 1.44. The van der Waals surface area contributed by atoms with Gasteiger partial charge in [0, 0.05) is 51.6 Å². The molecule has 0 aliphatic carbocycles. The van der Waals surface area contributed by atoms with Crippen LogP contribution in [0.2, 0.25) is 0 Å². The quantitative estimate of drug-likeness (QED) is 0.559. The number of fused-ring (bicyclic) bond motifs is 1. The lowest BCUT2D eigenvalue weighted by molar-refractivity contribution is -0.131. The van der Waals surface area contributed by atoms with Crippen LogP contribution in [0.4, 0.5) is 0 Å². The van der Waals surface area contributed by atoms with E-state index >= 15 is 0 Å². The minimum atomic E-state index is 0.193. The first kappa shape index (κ1) is 21.2. The van der Waals surface area contributed by atoms with Gasteiger partial charge in [0.05, 0.1) is 6.61 Å². The van der Waals surface area contributed by atoms with Crippen molar-refractivity contribution in [3.8, 4) is 5.75 Å². The van der Waals surface area contributed by atoms with Crippen LogP contribution in [0.3, 0.4) is 0 Å². The van der Waals surface area contributed by atoms with E-state index in [-0.39, 0.29) is 5.91 Å². The summed E-state index contributed by atoms with van der Waals surface area (Å²) in [4.78, 5) is 22.4. The highest BCUT2D eigenvalue weighted by Gasteiger charge is 2.21. The van der Waals surface area contributed by atoms with E-state index in [1.807, 2.05) is 31.0 Å². The SMILES string of the molecule is CCOc1ccc(CN(C)C(=NC)NCCC(=O)N2CCc3sccc3C2)cc1. The van der Waals surface area contributed by atoms with Crippen molar-refractivity contribution in [2.45, 2.75) is 32.9 Å². The minimum Gasteiger partial charge on any atom is -0.494 e. The van der Waals surface area contributed by atoms with E-state index in [0.717, 1.165) is 37.8 Å². The summed E-state index contributed by atoms with van der Waals surface area (Å²) in [6, 6.07) is 10.2. The van der Waals surface area contributed by atoms with Crippen LogP contribution >= 0.6 is 11.3 Å². The normalized spacial score (nSPS) is 13.8. The molecule has 0 saturated heterocycles. The fraction of sp³-hybridized carbons (Fsp3) is 0.455. The number of nitrogens with one attached hydrogen (secondary N) is 1. The third-order valence-electron chi connectivity index (χ3n) is 5.01. The van der Waals surface area contributed by atoms with E-state index in [1.165, 1.54) is 16.0 Å². The zero-order valence-corrected chi connectivity index (χ0v) is 18.3. The molecule has 0 unspecified atom stereocenters. The van der Waals surface area contributed by atoms with E-state index in [2.05, 4.69) is 38.8 Å². The first-order valence-electron chi connectivity index (χ1n) is 10.1. The Balaban J connectivity index is 1.44. The Bertz CT molecular complexity index is 832. The molecule has 7 heteroatoms. The molecule has 1 aliphatic heterocycles. The second-order valence-corrected chi connectivity index (χ2v) is 8.09. The van der Waals surface area contributed by atoms with Crippen molar-refractivity contribution in [1.29, 1.82) is 0 Å². The lowest BCUT2D eigenvalue weighted by Gasteiger charge is -2.27. The van der Waals surface area contributed by atoms with Crippen molar-refractivity contribution in [2.24, 2.45) is 4.99 Å². The largest absolute Gasteiger partial charge is 0.494 e. The summed E-state index contributed by atoms with van der Waals surface area (Å²) in [5.74, 6) is 1.86. The van der Waals surface area contributed by atoms with Crippen LogP contribution in [0.15, 0.2) is 40.7 Å². The van der Waals surface area contributed by atoms with E-state index in [9.17, 15) is 4.79 Å². The monoisotopic (exact) mass is 414 g/mol. The summed E-state index contributed by atoms with van der Waals surface area (Å²) >= 11 is 1.79. The van der Waals surface area contributed by atoms with Gasteiger partial charge >= 0.3 is 0 Å². The van der Waals surface area contributed by atoms with Crippen LogP contribution in [0.5, 0.6) is 5.75 Å². The zero-order chi connectivity index (χ0) is 20.6. The Morgan fingerprint density at radius 1 is 1.31 bits per heavy atom. The fourth-order valence-corrected chi connectivity index (χ4v) is 4.38. The van der Waals surface area contributed by atoms with Crippen LogP contribution in [-0.4, -0.2) is 55.5 Å². The number of hydrogen-bond acceptors (Lipinski definition) is 4. The van der Waals surface area contributed by atoms with Gasteiger partial charge in [0.15, 0.2) is 5.96 Å². The van der Waals surface area contributed by atoms with E-state index < -0.39 is 0 Å². The van der Waals surface area contributed by atoms with Crippen molar-refractivity contribution in [3.63, 3.8) is 0 Å². The smallest absolute Gasteiger partial charge is 0.224 e. The number of carbonyl (C=O) groups excluding carboxylic acids is 1. The predicted molar refractivity (Wildman–Crippen MR) is 118 cm³/mol. The van der Waals surface area contributed by atoms with Crippen LogP contribution < -0.4 is 10.1 Å². The molecule has 1 amide bonds. The highest BCUT2D eigenvalue weighted by molar-refractivity contribution is 7.10. The van der Waals surface area contributed by atoms with Crippen LogP contribution in [0.1, 0.15) is 29.3 Å². The summed E-state index contributed by atoms with van der Waals surface area (Å²) in [7, 11) is 3.76. The maximum atomic E-state index is 12.6. The minimum absolute atomic E-state index is 0.193. The maximum absolute atomic E-state index is 12.6. The Kier molecular flexibility index (Phi) is 7.52. The molecule has 2 heterocycles. The summed E-state index contributed by atoms with van der Waals surface area (Å²) in [6.45, 7) is 5.51. The number of thiophene rings is 1. The van der Waals surface area contributed by atoms with Gasteiger partial charge in [0.25, 0.3) is 0 Å². The van der Waals surface area contributed by atoms with Gasteiger partial charge in [0.2, 0.25) is 5.91 Å². The number of aliphatic imine (C=N–C) groups is 1. The fourth-order valence-electron chi connectivity index (χ4n) is 3.49. The van der Waals surface area contributed by atoms with Crippen molar-refractivity contribution >= 4 is 23.2 Å². The van der Waals surface area contributed by atoms with Gasteiger partial charge in [-0.25, -0.2) is 0 Å². The first-order valence-corrected chi connectivity index (χ1v) is 10.9. The van der Waals surface area contributed by atoms with Gasteiger partial charge in [-0.3, -0.25) is 9.79 Å². The highest BCUT2D eigenvalue weighted by Crippen LogP contribution is 2.24. The number of rotatable bonds is 7. The van der Waals surface area contributed by atoms with Crippen molar-refractivity contribution < 1.29 is 9.53 Å². The number of carbonyl (C=O) groups is 1. The first-order chi connectivity index (χ1) is 14.1. The van der Waals surface area contributed by atoms with Gasteiger partial charge in [-0.2, -0.15) is 0 Å². The molecule has 1 aromatic carbocycles. The predicted octanol–water partition coefficient (Wildman–Crippen LogP) is 3.13. The Hall–Kier alpha value is -2.54. The molecule has 2 aromatic rings. The number of benzene rings is 1. The molecular weight excluding hydrogens is 384 g/mol. The second-order valence-electron chi connectivity index (χ2n) is 7.09. The summed E-state index contributed by atoms with van der Waals surface area (Å²) in [5, 5.41) is 5.43. The van der Waals surface area contributed by atoms with Crippen LogP contribution in [-0.2, 0) is 24.3 Å². The summed E-state index contributed by atoms with van der Waals surface area (Å²) in [5.41, 5.74) is 2.48. The maximum Gasteiger partial charge on any atom is 0.224 e. The molecule has 6 nitrogen and oxygen atoms in total. The molecular formula is C22H30N4O2S. The molecule has 1 N–H and O–H groups in total. The molecule has 0 fully saturated rings.